The molecule has 0 aromatic heterocycles. The summed E-state index contributed by atoms with van der Waals surface area (Å²) < 4.78 is 17.0. The van der Waals surface area contributed by atoms with Gasteiger partial charge in [-0.3, -0.25) is 0 Å². The van der Waals surface area contributed by atoms with Crippen LogP contribution in [0.25, 0.3) is 0 Å². The van der Waals surface area contributed by atoms with E-state index in [1.54, 1.807) is 0 Å². The van der Waals surface area contributed by atoms with E-state index in [1.807, 2.05) is 13.8 Å². The van der Waals surface area contributed by atoms with E-state index in [0.717, 1.165) is 19.3 Å². The molecule has 0 fully saturated rings. The second-order valence-electron chi connectivity index (χ2n) is 3.75. The fourth-order valence-electron chi connectivity index (χ4n) is 1.09. The van der Waals surface area contributed by atoms with Crippen LogP contribution in [0.3, 0.4) is 0 Å². The summed E-state index contributed by atoms with van der Waals surface area (Å²) in [5.74, 6) is 0. The fourth-order valence-corrected chi connectivity index (χ4v) is 1.83. The van der Waals surface area contributed by atoms with Crippen molar-refractivity contribution in [3.05, 3.63) is 0 Å². The molecular formula is C10H23O2P. The van der Waals surface area contributed by atoms with E-state index in [-0.39, 0.29) is 5.66 Å². The monoisotopic (exact) mass is 206 g/mol. The molecule has 0 aromatic carbocycles. The highest BCUT2D eigenvalue weighted by Crippen LogP contribution is 2.28. The van der Waals surface area contributed by atoms with Crippen LogP contribution in [0.4, 0.5) is 0 Å². The van der Waals surface area contributed by atoms with Gasteiger partial charge in [0.1, 0.15) is 7.80 Å². The number of ether oxygens (including phenoxy) is 1. The number of hydrogen-bond donors (Lipinski definition) is 0. The van der Waals surface area contributed by atoms with E-state index in [4.69, 9.17) is 4.74 Å². The van der Waals surface area contributed by atoms with Crippen LogP contribution in [0, 0.1) is 0 Å². The maximum Gasteiger partial charge on any atom is 0.103 e. The molecule has 0 radical (unpaired) electrons. The Morgan fingerprint density at radius 2 is 1.92 bits per heavy atom. The molecule has 13 heavy (non-hydrogen) atoms. The van der Waals surface area contributed by atoms with Gasteiger partial charge in [0.25, 0.3) is 0 Å². The Labute approximate surface area is 82.8 Å². The molecule has 0 N–H and O–H groups in total. The molecule has 0 bridgehead atoms. The average Bonchev–Trinajstić information content (AvgIpc) is 2.11. The van der Waals surface area contributed by atoms with Gasteiger partial charge >= 0.3 is 0 Å². The van der Waals surface area contributed by atoms with Crippen LogP contribution < -0.4 is 0 Å². The summed E-state index contributed by atoms with van der Waals surface area (Å²) in [5, 5.41) is 0. The van der Waals surface area contributed by atoms with E-state index in [2.05, 4.69) is 13.8 Å². The van der Waals surface area contributed by atoms with Crippen molar-refractivity contribution in [2.75, 3.05) is 6.35 Å². The minimum absolute atomic E-state index is 0.282. The summed E-state index contributed by atoms with van der Waals surface area (Å²) in [6, 6.07) is 0. The molecule has 0 aliphatic heterocycles. The quantitative estimate of drug-likeness (QED) is 0.596. The zero-order valence-electron chi connectivity index (χ0n) is 9.30. The standard InChI is InChI=1S/C10H23O2P/c1-5-7-10(6-2)12-8-13(11)9(3)4/h9-10,13H,5-8H2,1-4H3. The molecule has 0 saturated carbocycles. The van der Waals surface area contributed by atoms with Crippen LogP contribution in [-0.4, -0.2) is 18.1 Å². The molecule has 80 valence electrons. The Morgan fingerprint density at radius 1 is 1.31 bits per heavy atom. The number of rotatable bonds is 7. The minimum atomic E-state index is -1.50. The molecule has 0 rings (SSSR count). The lowest BCUT2D eigenvalue weighted by Gasteiger charge is -2.15. The summed E-state index contributed by atoms with van der Waals surface area (Å²) in [6.07, 6.45) is 4.05. The summed E-state index contributed by atoms with van der Waals surface area (Å²) in [6.45, 7) is 8.25. The van der Waals surface area contributed by atoms with Crippen LogP contribution in [0.5, 0.6) is 0 Å². The molecule has 0 amide bonds. The largest absolute Gasteiger partial charge is 0.371 e. The highest BCUT2D eigenvalue weighted by molar-refractivity contribution is 7.45. The SMILES string of the molecule is CCCC(CC)OC[PH](=O)C(C)C. The summed E-state index contributed by atoms with van der Waals surface area (Å²) in [5.41, 5.74) is 0.282. The Balaban J connectivity index is 3.65. The van der Waals surface area contributed by atoms with Crippen molar-refractivity contribution in [3.63, 3.8) is 0 Å². The predicted octanol–water partition coefficient (Wildman–Crippen LogP) is 3.51. The molecule has 0 aromatic rings. The first-order chi connectivity index (χ1) is 6.11. The molecule has 2 atom stereocenters. The Hall–Kier alpha value is 0.190. The van der Waals surface area contributed by atoms with Crippen molar-refractivity contribution in [1.82, 2.24) is 0 Å². The van der Waals surface area contributed by atoms with Crippen LogP contribution in [0.15, 0.2) is 0 Å². The van der Waals surface area contributed by atoms with Gasteiger partial charge in [-0.2, -0.15) is 0 Å². The number of hydrogen-bond acceptors (Lipinski definition) is 2. The van der Waals surface area contributed by atoms with Gasteiger partial charge in [-0.05, 0) is 12.8 Å². The molecule has 0 heterocycles. The molecule has 0 spiro atoms. The van der Waals surface area contributed by atoms with Crippen molar-refractivity contribution >= 4 is 7.80 Å². The third-order valence-corrected chi connectivity index (χ3v) is 3.91. The lowest BCUT2D eigenvalue weighted by atomic mass is 10.2. The molecule has 2 unspecified atom stereocenters. The maximum absolute atomic E-state index is 11.4. The van der Waals surface area contributed by atoms with Gasteiger partial charge in [0, 0.05) is 5.66 Å². The van der Waals surface area contributed by atoms with Crippen molar-refractivity contribution in [2.24, 2.45) is 0 Å². The lowest BCUT2D eigenvalue weighted by Crippen LogP contribution is -2.11. The predicted molar refractivity (Wildman–Crippen MR) is 59.1 cm³/mol. The first kappa shape index (κ1) is 13.2. The molecule has 0 aliphatic rings. The van der Waals surface area contributed by atoms with Gasteiger partial charge in [0.2, 0.25) is 0 Å². The van der Waals surface area contributed by atoms with Crippen molar-refractivity contribution < 1.29 is 9.30 Å². The molecule has 2 nitrogen and oxygen atoms in total. The van der Waals surface area contributed by atoms with E-state index < -0.39 is 7.80 Å². The maximum atomic E-state index is 11.4. The van der Waals surface area contributed by atoms with Crippen molar-refractivity contribution in [2.45, 2.75) is 58.7 Å². The Morgan fingerprint density at radius 3 is 2.31 bits per heavy atom. The van der Waals surface area contributed by atoms with Gasteiger partial charge in [0.05, 0.1) is 12.5 Å². The topological polar surface area (TPSA) is 26.3 Å². The smallest absolute Gasteiger partial charge is 0.103 e. The van der Waals surface area contributed by atoms with E-state index in [9.17, 15) is 4.57 Å². The minimum Gasteiger partial charge on any atom is -0.371 e. The molecular weight excluding hydrogens is 183 g/mol. The zero-order valence-corrected chi connectivity index (χ0v) is 10.3. The van der Waals surface area contributed by atoms with Gasteiger partial charge in [-0.15, -0.1) is 0 Å². The van der Waals surface area contributed by atoms with Crippen LogP contribution in [0.1, 0.15) is 47.0 Å². The Bertz CT molecular complexity index is 146. The van der Waals surface area contributed by atoms with Crippen LogP contribution in [0.2, 0.25) is 0 Å². The lowest BCUT2D eigenvalue weighted by molar-refractivity contribution is 0.0760. The van der Waals surface area contributed by atoms with Crippen molar-refractivity contribution in [1.29, 1.82) is 0 Å². The van der Waals surface area contributed by atoms with Gasteiger partial charge in [-0.25, -0.2) is 0 Å². The highest BCUT2D eigenvalue weighted by atomic mass is 31.1. The second-order valence-corrected chi connectivity index (χ2v) is 6.13. The van der Waals surface area contributed by atoms with Crippen LogP contribution in [-0.2, 0) is 9.30 Å². The average molecular weight is 206 g/mol. The van der Waals surface area contributed by atoms with E-state index in [1.165, 1.54) is 0 Å². The first-order valence-electron chi connectivity index (χ1n) is 5.26. The van der Waals surface area contributed by atoms with E-state index in [0.29, 0.717) is 12.5 Å². The normalized spacial score (nSPS) is 16.1. The van der Waals surface area contributed by atoms with E-state index >= 15 is 0 Å². The molecule has 3 heteroatoms. The van der Waals surface area contributed by atoms with Gasteiger partial charge in [0.15, 0.2) is 0 Å². The highest BCUT2D eigenvalue weighted by Gasteiger charge is 2.09. The molecule has 0 aliphatic carbocycles. The third-order valence-electron chi connectivity index (χ3n) is 2.17. The first-order valence-corrected chi connectivity index (χ1v) is 6.95. The summed E-state index contributed by atoms with van der Waals surface area (Å²) in [4.78, 5) is 0. The zero-order chi connectivity index (χ0) is 10.3. The Kier molecular flexibility index (Phi) is 7.69. The fraction of sp³-hybridized carbons (Fsp3) is 1.00. The van der Waals surface area contributed by atoms with Gasteiger partial charge in [-0.1, -0.05) is 34.1 Å². The summed E-state index contributed by atoms with van der Waals surface area (Å²) in [7, 11) is -1.50. The second kappa shape index (κ2) is 7.58. The van der Waals surface area contributed by atoms with Crippen LogP contribution >= 0.6 is 7.80 Å². The van der Waals surface area contributed by atoms with Crippen molar-refractivity contribution in [3.8, 4) is 0 Å². The third kappa shape index (κ3) is 6.29. The van der Waals surface area contributed by atoms with Gasteiger partial charge < -0.3 is 9.30 Å². The molecule has 0 saturated heterocycles. The summed E-state index contributed by atoms with van der Waals surface area (Å²) >= 11 is 0.